The van der Waals surface area contributed by atoms with Gasteiger partial charge in [-0.25, -0.2) is 13.6 Å². The predicted molar refractivity (Wildman–Crippen MR) is 84.2 cm³/mol. The molecule has 1 aliphatic carbocycles. The molecule has 7 heteroatoms. The summed E-state index contributed by atoms with van der Waals surface area (Å²) in [7, 11) is -3.66. The molecule has 0 spiro atoms. The number of rotatable bonds is 8. The van der Waals surface area contributed by atoms with E-state index in [0.29, 0.717) is 18.9 Å². The van der Waals surface area contributed by atoms with Gasteiger partial charge in [0.2, 0.25) is 10.0 Å². The van der Waals surface area contributed by atoms with Gasteiger partial charge in [-0.2, -0.15) is 0 Å². The molecule has 0 heterocycles. The summed E-state index contributed by atoms with van der Waals surface area (Å²) in [5.74, 6) is 0.608. The molecule has 2 rings (SSSR count). The summed E-state index contributed by atoms with van der Waals surface area (Å²) in [4.78, 5) is 0.0748. The minimum Gasteiger partial charge on any atom is -0.492 e. The Labute approximate surface area is 131 Å². The first kappa shape index (κ1) is 17.2. The number of hydrogen-bond acceptors (Lipinski definition) is 5. The molecule has 1 saturated carbocycles. The molecule has 0 unspecified atom stereocenters. The van der Waals surface area contributed by atoms with Crippen molar-refractivity contribution < 1.29 is 18.3 Å². The molecule has 1 fully saturated rings. The number of aliphatic hydroxyl groups is 1. The third-order valence-corrected chi connectivity index (χ3v) is 5.10. The maximum Gasteiger partial charge on any atom is 0.238 e. The lowest BCUT2D eigenvalue weighted by Crippen LogP contribution is -2.45. The minimum atomic E-state index is -3.66. The molecule has 0 aromatic heterocycles. The van der Waals surface area contributed by atoms with Crippen LogP contribution in [0, 0.1) is 0 Å². The van der Waals surface area contributed by atoms with E-state index in [0.717, 1.165) is 19.3 Å². The van der Waals surface area contributed by atoms with Crippen molar-refractivity contribution in [1.29, 1.82) is 0 Å². The van der Waals surface area contributed by atoms with Gasteiger partial charge in [-0.1, -0.05) is 12.8 Å². The molecule has 0 aliphatic heterocycles. The molecule has 22 heavy (non-hydrogen) atoms. The molecule has 0 amide bonds. The van der Waals surface area contributed by atoms with E-state index in [1.54, 1.807) is 12.1 Å². The smallest absolute Gasteiger partial charge is 0.238 e. The first-order valence-electron chi connectivity index (χ1n) is 7.57. The first-order chi connectivity index (χ1) is 10.5. The van der Waals surface area contributed by atoms with Crippen LogP contribution in [0.3, 0.4) is 0 Å². The molecular weight excluding hydrogens is 304 g/mol. The first-order valence-corrected chi connectivity index (χ1v) is 9.11. The van der Waals surface area contributed by atoms with E-state index in [2.05, 4.69) is 5.32 Å². The van der Waals surface area contributed by atoms with Crippen LogP contribution < -0.4 is 15.2 Å². The normalized spacial score (nSPS) is 17.5. The van der Waals surface area contributed by atoms with Crippen molar-refractivity contribution in [1.82, 2.24) is 5.32 Å². The maximum atomic E-state index is 11.2. The van der Waals surface area contributed by atoms with Crippen LogP contribution in [0.25, 0.3) is 0 Å². The fraction of sp³-hybridized carbons (Fsp3) is 0.600. The van der Waals surface area contributed by atoms with Crippen molar-refractivity contribution in [2.75, 3.05) is 19.8 Å². The Bertz CT molecular complexity index is 566. The van der Waals surface area contributed by atoms with E-state index in [4.69, 9.17) is 9.88 Å². The number of primary sulfonamides is 1. The van der Waals surface area contributed by atoms with Crippen molar-refractivity contribution in [3.63, 3.8) is 0 Å². The van der Waals surface area contributed by atoms with Gasteiger partial charge in [0.25, 0.3) is 0 Å². The Balaban J connectivity index is 1.79. The van der Waals surface area contributed by atoms with Crippen LogP contribution >= 0.6 is 0 Å². The third kappa shape index (κ3) is 4.67. The van der Waals surface area contributed by atoms with E-state index in [9.17, 15) is 13.5 Å². The van der Waals surface area contributed by atoms with Gasteiger partial charge in [0.05, 0.1) is 4.90 Å². The lowest BCUT2D eigenvalue weighted by atomic mass is 9.94. The summed E-state index contributed by atoms with van der Waals surface area (Å²) in [6, 6.07) is 6.06. The van der Waals surface area contributed by atoms with Crippen molar-refractivity contribution in [2.24, 2.45) is 5.14 Å². The topological polar surface area (TPSA) is 102 Å². The second kappa shape index (κ2) is 7.41. The maximum absolute atomic E-state index is 11.2. The summed E-state index contributed by atoms with van der Waals surface area (Å²) in [6.07, 6.45) is 5.36. The number of nitrogens with two attached hydrogens (primary N) is 1. The fourth-order valence-electron chi connectivity index (χ4n) is 2.99. The highest BCUT2D eigenvalue weighted by Gasteiger charge is 2.32. The molecule has 0 saturated heterocycles. The predicted octanol–water partition coefficient (Wildman–Crippen LogP) is 0.998. The van der Waals surface area contributed by atoms with Gasteiger partial charge in [0.1, 0.15) is 12.4 Å². The van der Waals surface area contributed by atoms with Crippen LogP contribution in [0.5, 0.6) is 5.75 Å². The van der Waals surface area contributed by atoms with E-state index in [-0.39, 0.29) is 17.0 Å². The number of nitrogens with one attached hydrogen (secondary N) is 1. The molecule has 124 valence electrons. The van der Waals surface area contributed by atoms with Gasteiger partial charge in [0.15, 0.2) is 0 Å². The van der Waals surface area contributed by atoms with E-state index in [1.807, 2.05) is 0 Å². The zero-order chi connectivity index (χ0) is 16.1. The summed E-state index contributed by atoms with van der Waals surface area (Å²) >= 11 is 0. The average molecular weight is 328 g/mol. The lowest BCUT2D eigenvalue weighted by molar-refractivity contribution is 0.200. The zero-order valence-corrected chi connectivity index (χ0v) is 13.4. The van der Waals surface area contributed by atoms with Crippen LogP contribution in [0.2, 0.25) is 0 Å². The monoisotopic (exact) mass is 328 g/mol. The molecule has 1 aliphatic rings. The van der Waals surface area contributed by atoms with Crippen molar-refractivity contribution >= 4 is 10.0 Å². The van der Waals surface area contributed by atoms with Crippen LogP contribution in [0.15, 0.2) is 29.2 Å². The molecule has 0 bridgehead atoms. The molecule has 6 nitrogen and oxygen atoms in total. The Morgan fingerprint density at radius 3 is 2.41 bits per heavy atom. The Kier molecular flexibility index (Phi) is 5.80. The van der Waals surface area contributed by atoms with E-state index >= 15 is 0 Å². The number of sulfonamides is 1. The van der Waals surface area contributed by atoms with Gasteiger partial charge in [-0.15, -0.1) is 0 Å². The summed E-state index contributed by atoms with van der Waals surface area (Å²) < 4.78 is 27.9. The average Bonchev–Trinajstić information content (AvgIpc) is 2.93. The molecular formula is C15H24N2O4S. The highest BCUT2D eigenvalue weighted by atomic mass is 32.2. The Morgan fingerprint density at radius 1 is 1.23 bits per heavy atom. The number of benzene rings is 1. The van der Waals surface area contributed by atoms with Gasteiger partial charge in [-0.05, 0) is 43.5 Å². The summed E-state index contributed by atoms with van der Waals surface area (Å²) in [5.41, 5.74) is 0.0512. The molecule has 0 radical (unpaired) electrons. The fourth-order valence-corrected chi connectivity index (χ4v) is 3.51. The van der Waals surface area contributed by atoms with Gasteiger partial charge < -0.3 is 15.2 Å². The largest absolute Gasteiger partial charge is 0.492 e. The highest BCUT2D eigenvalue weighted by molar-refractivity contribution is 7.89. The second-order valence-electron chi connectivity index (χ2n) is 5.75. The summed E-state index contributed by atoms with van der Waals surface area (Å²) in [5, 5.41) is 17.7. The van der Waals surface area contributed by atoms with Gasteiger partial charge in [-0.3, -0.25) is 0 Å². The quantitative estimate of drug-likeness (QED) is 0.618. The highest BCUT2D eigenvalue weighted by Crippen LogP contribution is 2.32. The second-order valence-corrected chi connectivity index (χ2v) is 7.31. The van der Waals surface area contributed by atoms with Crippen molar-refractivity contribution in [2.45, 2.75) is 42.5 Å². The Hall–Kier alpha value is -1.15. The molecule has 1 aromatic carbocycles. The van der Waals surface area contributed by atoms with Gasteiger partial charge >= 0.3 is 0 Å². The third-order valence-electron chi connectivity index (χ3n) is 4.17. The number of hydrogen-bond donors (Lipinski definition) is 3. The van der Waals surface area contributed by atoms with Crippen molar-refractivity contribution in [3.05, 3.63) is 24.3 Å². The summed E-state index contributed by atoms with van der Waals surface area (Å²) in [6.45, 7) is 1.38. The van der Waals surface area contributed by atoms with Crippen LogP contribution in [-0.4, -0.2) is 38.8 Å². The number of ether oxygens (including phenoxy) is 1. The minimum absolute atomic E-state index is 0.0512. The van der Waals surface area contributed by atoms with Crippen LogP contribution in [-0.2, 0) is 10.0 Å². The molecule has 1 aromatic rings. The van der Waals surface area contributed by atoms with E-state index < -0.39 is 10.0 Å². The molecule has 4 N–H and O–H groups in total. The van der Waals surface area contributed by atoms with Gasteiger partial charge in [0, 0.05) is 18.7 Å². The zero-order valence-electron chi connectivity index (χ0n) is 12.6. The number of aliphatic hydroxyl groups excluding tert-OH is 1. The standard InChI is InChI=1S/C15H24N2O4S/c16-22(19,20)14-5-3-13(4-6-14)21-12-10-17-15(9-11-18)7-1-2-8-15/h3-6,17-18H,1-2,7-12H2,(H2,16,19,20). The van der Waals surface area contributed by atoms with E-state index in [1.165, 1.54) is 25.0 Å². The molecule has 0 atom stereocenters. The van der Waals surface area contributed by atoms with Crippen molar-refractivity contribution in [3.8, 4) is 5.75 Å². The lowest BCUT2D eigenvalue weighted by Gasteiger charge is -2.29. The van der Waals surface area contributed by atoms with Crippen LogP contribution in [0.1, 0.15) is 32.1 Å². The van der Waals surface area contributed by atoms with Crippen LogP contribution in [0.4, 0.5) is 0 Å². The SMILES string of the molecule is NS(=O)(=O)c1ccc(OCCNC2(CCO)CCCC2)cc1. The Morgan fingerprint density at radius 2 is 1.86 bits per heavy atom.